The molecule has 0 saturated heterocycles. The van der Waals surface area contributed by atoms with Crippen LogP contribution in [-0.4, -0.2) is 39.6 Å². The van der Waals surface area contributed by atoms with Gasteiger partial charge in [0.2, 0.25) is 11.8 Å². The van der Waals surface area contributed by atoms with E-state index in [1.165, 1.54) is 19.8 Å². The van der Waals surface area contributed by atoms with E-state index in [1.54, 1.807) is 9.58 Å². The maximum Gasteiger partial charge on any atom is 0.245 e. The molecule has 1 saturated carbocycles. The summed E-state index contributed by atoms with van der Waals surface area (Å²) in [5.41, 5.74) is 3.02. The second-order valence-electron chi connectivity index (χ2n) is 8.14. The van der Waals surface area contributed by atoms with Gasteiger partial charge in [0, 0.05) is 19.5 Å². The molecule has 0 unspecified atom stereocenters. The van der Waals surface area contributed by atoms with Gasteiger partial charge in [-0.25, -0.2) is 4.68 Å². The number of benzene rings is 2. The van der Waals surface area contributed by atoms with E-state index < -0.39 is 0 Å². The molecule has 3 aromatic rings. The Labute approximate surface area is 182 Å². The SMILES string of the molecule is CC(=O)N(CCc1ccccc1)CC(=O)Nc1cc(CC2CC2)nn1-c1ccccc1. The number of aromatic nitrogens is 2. The Hall–Kier alpha value is -3.41. The van der Waals surface area contributed by atoms with Crippen molar-refractivity contribution in [3.8, 4) is 5.69 Å². The lowest BCUT2D eigenvalue weighted by Crippen LogP contribution is -2.38. The maximum atomic E-state index is 12.8. The molecule has 160 valence electrons. The molecule has 2 aromatic carbocycles. The van der Waals surface area contributed by atoms with E-state index in [-0.39, 0.29) is 18.4 Å². The lowest BCUT2D eigenvalue weighted by Gasteiger charge is -2.20. The zero-order valence-corrected chi connectivity index (χ0v) is 17.8. The monoisotopic (exact) mass is 416 g/mol. The summed E-state index contributed by atoms with van der Waals surface area (Å²) in [6.07, 6.45) is 4.13. The summed E-state index contributed by atoms with van der Waals surface area (Å²) < 4.78 is 1.78. The van der Waals surface area contributed by atoms with Crippen LogP contribution in [0.25, 0.3) is 5.69 Å². The van der Waals surface area contributed by atoms with Crippen molar-refractivity contribution in [1.29, 1.82) is 0 Å². The Morgan fingerprint density at radius 1 is 1.06 bits per heavy atom. The number of carbonyl (C=O) groups excluding carboxylic acids is 2. The third-order valence-corrected chi connectivity index (χ3v) is 5.52. The van der Waals surface area contributed by atoms with E-state index in [1.807, 2.05) is 66.7 Å². The van der Waals surface area contributed by atoms with Gasteiger partial charge >= 0.3 is 0 Å². The number of carbonyl (C=O) groups is 2. The van der Waals surface area contributed by atoms with Gasteiger partial charge in [-0.15, -0.1) is 0 Å². The Morgan fingerprint density at radius 3 is 2.39 bits per heavy atom. The van der Waals surface area contributed by atoms with Gasteiger partial charge in [0.1, 0.15) is 5.82 Å². The molecule has 0 aliphatic heterocycles. The number of nitrogens with zero attached hydrogens (tertiary/aromatic N) is 3. The van der Waals surface area contributed by atoms with Gasteiger partial charge in [0.05, 0.1) is 17.9 Å². The maximum absolute atomic E-state index is 12.8. The Bertz CT molecular complexity index is 1030. The van der Waals surface area contributed by atoms with Crippen LogP contribution in [0.4, 0.5) is 5.82 Å². The van der Waals surface area contributed by atoms with Gasteiger partial charge < -0.3 is 10.2 Å². The molecule has 0 radical (unpaired) electrons. The van der Waals surface area contributed by atoms with Gasteiger partial charge in [0.25, 0.3) is 0 Å². The molecule has 6 heteroatoms. The van der Waals surface area contributed by atoms with Crippen molar-refractivity contribution in [2.75, 3.05) is 18.4 Å². The fourth-order valence-corrected chi connectivity index (χ4v) is 3.61. The van der Waals surface area contributed by atoms with Crippen LogP contribution >= 0.6 is 0 Å². The average Bonchev–Trinajstić information content (AvgIpc) is 3.51. The van der Waals surface area contributed by atoms with Crippen molar-refractivity contribution >= 4 is 17.6 Å². The second kappa shape index (κ2) is 9.60. The van der Waals surface area contributed by atoms with E-state index in [9.17, 15) is 9.59 Å². The van der Waals surface area contributed by atoms with Crippen LogP contribution < -0.4 is 5.32 Å². The minimum Gasteiger partial charge on any atom is -0.333 e. The smallest absolute Gasteiger partial charge is 0.245 e. The third-order valence-electron chi connectivity index (χ3n) is 5.52. The number of hydrogen-bond donors (Lipinski definition) is 1. The van der Waals surface area contributed by atoms with Crippen LogP contribution in [0, 0.1) is 5.92 Å². The summed E-state index contributed by atoms with van der Waals surface area (Å²) in [6, 6.07) is 21.7. The summed E-state index contributed by atoms with van der Waals surface area (Å²) in [6.45, 7) is 2.01. The average molecular weight is 417 g/mol. The second-order valence-corrected chi connectivity index (χ2v) is 8.14. The first kappa shape index (κ1) is 20.8. The number of anilines is 1. The quantitative estimate of drug-likeness (QED) is 0.576. The molecule has 0 spiro atoms. The Balaban J connectivity index is 1.44. The number of amides is 2. The molecule has 1 fully saturated rings. The van der Waals surface area contributed by atoms with Crippen LogP contribution in [0.2, 0.25) is 0 Å². The Kier molecular flexibility index (Phi) is 6.46. The van der Waals surface area contributed by atoms with Crippen molar-refractivity contribution in [1.82, 2.24) is 14.7 Å². The molecule has 1 aromatic heterocycles. The van der Waals surface area contributed by atoms with Gasteiger partial charge in [-0.1, -0.05) is 48.5 Å². The van der Waals surface area contributed by atoms with Crippen molar-refractivity contribution in [2.24, 2.45) is 5.92 Å². The lowest BCUT2D eigenvalue weighted by molar-refractivity contribution is -0.132. The van der Waals surface area contributed by atoms with E-state index in [4.69, 9.17) is 5.10 Å². The molecule has 1 heterocycles. The summed E-state index contributed by atoms with van der Waals surface area (Å²) in [5.74, 6) is 1.00. The van der Waals surface area contributed by atoms with Crippen molar-refractivity contribution in [2.45, 2.75) is 32.6 Å². The van der Waals surface area contributed by atoms with Crippen LogP contribution in [-0.2, 0) is 22.4 Å². The van der Waals surface area contributed by atoms with E-state index in [0.29, 0.717) is 24.7 Å². The predicted octanol–water partition coefficient (Wildman–Crippen LogP) is 3.85. The van der Waals surface area contributed by atoms with Crippen molar-refractivity contribution in [3.63, 3.8) is 0 Å². The van der Waals surface area contributed by atoms with Crippen LogP contribution in [0.3, 0.4) is 0 Å². The first-order valence-electron chi connectivity index (χ1n) is 10.8. The van der Waals surface area contributed by atoms with Crippen LogP contribution in [0.5, 0.6) is 0 Å². The normalized spacial score (nSPS) is 13.1. The highest BCUT2D eigenvalue weighted by molar-refractivity contribution is 5.94. The summed E-state index contributed by atoms with van der Waals surface area (Å²) in [5, 5.41) is 7.70. The fraction of sp³-hybridized carbons (Fsp3) is 0.320. The highest BCUT2D eigenvalue weighted by atomic mass is 16.2. The van der Waals surface area contributed by atoms with E-state index in [2.05, 4.69) is 5.32 Å². The first-order valence-corrected chi connectivity index (χ1v) is 10.8. The van der Waals surface area contributed by atoms with E-state index in [0.717, 1.165) is 23.4 Å². The molecular formula is C25H28N4O2. The minimum absolute atomic E-state index is 0.0140. The number of nitrogens with one attached hydrogen (secondary N) is 1. The number of hydrogen-bond acceptors (Lipinski definition) is 3. The molecule has 1 aliphatic carbocycles. The molecule has 0 atom stereocenters. The largest absolute Gasteiger partial charge is 0.333 e. The van der Waals surface area contributed by atoms with Gasteiger partial charge in [-0.3, -0.25) is 9.59 Å². The van der Waals surface area contributed by atoms with Crippen molar-refractivity contribution in [3.05, 3.63) is 78.0 Å². The number of para-hydroxylation sites is 1. The Morgan fingerprint density at radius 2 is 1.74 bits per heavy atom. The molecular weight excluding hydrogens is 388 g/mol. The third kappa shape index (κ3) is 5.81. The predicted molar refractivity (Wildman–Crippen MR) is 121 cm³/mol. The fourth-order valence-electron chi connectivity index (χ4n) is 3.61. The molecule has 31 heavy (non-hydrogen) atoms. The molecule has 2 amide bonds. The summed E-state index contributed by atoms with van der Waals surface area (Å²) >= 11 is 0. The topological polar surface area (TPSA) is 67.2 Å². The minimum atomic E-state index is -0.224. The van der Waals surface area contributed by atoms with Gasteiger partial charge in [-0.05, 0) is 49.3 Å². The summed E-state index contributed by atoms with van der Waals surface area (Å²) in [7, 11) is 0. The molecule has 1 N–H and O–H groups in total. The standard InChI is InChI=1S/C25H28N4O2/c1-19(30)28(15-14-20-8-4-2-5-9-20)18-25(31)26-24-17-22(16-21-12-13-21)27-29(24)23-10-6-3-7-11-23/h2-11,17,21H,12-16,18H2,1H3,(H,26,31). The highest BCUT2D eigenvalue weighted by Crippen LogP contribution is 2.33. The zero-order valence-electron chi connectivity index (χ0n) is 17.8. The molecule has 4 rings (SSSR count). The van der Waals surface area contributed by atoms with Crippen LogP contribution in [0.15, 0.2) is 66.7 Å². The number of rotatable bonds is 9. The zero-order chi connectivity index (χ0) is 21.6. The van der Waals surface area contributed by atoms with Gasteiger partial charge in [0.15, 0.2) is 0 Å². The van der Waals surface area contributed by atoms with Crippen LogP contribution in [0.1, 0.15) is 31.0 Å². The highest BCUT2D eigenvalue weighted by Gasteiger charge is 2.24. The van der Waals surface area contributed by atoms with Gasteiger partial charge in [-0.2, -0.15) is 5.10 Å². The molecule has 0 bridgehead atoms. The van der Waals surface area contributed by atoms with Crippen molar-refractivity contribution < 1.29 is 9.59 Å². The first-order chi connectivity index (χ1) is 15.1. The molecule has 1 aliphatic rings. The van der Waals surface area contributed by atoms with E-state index >= 15 is 0 Å². The summed E-state index contributed by atoms with van der Waals surface area (Å²) in [4.78, 5) is 26.5. The lowest BCUT2D eigenvalue weighted by atomic mass is 10.1. The molecule has 6 nitrogen and oxygen atoms in total.